The van der Waals surface area contributed by atoms with Gasteiger partial charge in [0.25, 0.3) is 0 Å². The third kappa shape index (κ3) is 4.38. The van der Waals surface area contributed by atoms with Gasteiger partial charge in [0, 0.05) is 12.6 Å². The number of nitrogens with zero attached hydrogens (tertiary/aromatic N) is 1. The second kappa shape index (κ2) is 6.62. The van der Waals surface area contributed by atoms with E-state index in [1.165, 1.54) is 12.8 Å². The number of aliphatic hydroxyl groups excluding tert-OH is 1. The molecule has 0 aromatic heterocycles. The van der Waals surface area contributed by atoms with Crippen LogP contribution in [0.3, 0.4) is 0 Å². The third-order valence-electron chi connectivity index (χ3n) is 2.21. The molecule has 0 fully saturated rings. The molecule has 0 heterocycles. The molecule has 0 aromatic carbocycles. The van der Waals surface area contributed by atoms with Crippen molar-refractivity contribution >= 4 is 0 Å². The highest BCUT2D eigenvalue weighted by Crippen LogP contribution is 2.07. The van der Waals surface area contributed by atoms with Crippen molar-refractivity contribution in [2.75, 3.05) is 20.2 Å². The van der Waals surface area contributed by atoms with Crippen LogP contribution in [0.4, 0.5) is 0 Å². The average molecular weight is 159 g/mol. The van der Waals surface area contributed by atoms with Gasteiger partial charge < -0.3 is 10.0 Å². The summed E-state index contributed by atoms with van der Waals surface area (Å²) >= 11 is 0. The van der Waals surface area contributed by atoms with Gasteiger partial charge in [-0.1, -0.05) is 20.3 Å². The van der Waals surface area contributed by atoms with Crippen LogP contribution >= 0.6 is 0 Å². The van der Waals surface area contributed by atoms with E-state index in [0.29, 0.717) is 12.6 Å². The summed E-state index contributed by atoms with van der Waals surface area (Å²) in [5, 5.41) is 8.78. The topological polar surface area (TPSA) is 23.5 Å². The van der Waals surface area contributed by atoms with Gasteiger partial charge in [-0.3, -0.25) is 0 Å². The highest BCUT2D eigenvalue weighted by atomic mass is 16.3. The maximum Gasteiger partial charge on any atom is 0.0445 e. The van der Waals surface area contributed by atoms with Crippen molar-refractivity contribution in [3.8, 4) is 0 Å². The molecule has 0 aliphatic heterocycles. The third-order valence-corrected chi connectivity index (χ3v) is 2.21. The minimum Gasteiger partial charge on any atom is -0.396 e. The number of aliphatic hydroxyl groups is 1. The molecule has 1 atom stereocenters. The van der Waals surface area contributed by atoms with Crippen LogP contribution in [0.1, 0.15) is 33.1 Å². The summed E-state index contributed by atoms with van der Waals surface area (Å²) in [4.78, 5) is 2.31. The summed E-state index contributed by atoms with van der Waals surface area (Å²) in [5.41, 5.74) is 0. The van der Waals surface area contributed by atoms with E-state index >= 15 is 0 Å². The largest absolute Gasteiger partial charge is 0.396 e. The van der Waals surface area contributed by atoms with Crippen LogP contribution in [0.5, 0.6) is 0 Å². The van der Waals surface area contributed by atoms with Gasteiger partial charge in [-0.25, -0.2) is 0 Å². The summed E-state index contributed by atoms with van der Waals surface area (Å²) in [6.07, 6.45) is 3.32. The van der Waals surface area contributed by atoms with E-state index in [1.807, 2.05) is 0 Å². The van der Waals surface area contributed by atoms with Gasteiger partial charge in [-0.15, -0.1) is 0 Å². The van der Waals surface area contributed by atoms with Crippen LogP contribution in [-0.4, -0.2) is 36.2 Å². The van der Waals surface area contributed by atoms with Crippen LogP contribution in [0.25, 0.3) is 0 Å². The molecule has 0 aliphatic rings. The molecular weight excluding hydrogens is 138 g/mol. The van der Waals surface area contributed by atoms with Gasteiger partial charge in [-0.2, -0.15) is 0 Å². The summed E-state index contributed by atoms with van der Waals surface area (Å²) in [5.74, 6) is 0. The van der Waals surface area contributed by atoms with Crippen LogP contribution < -0.4 is 0 Å². The van der Waals surface area contributed by atoms with Crippen LogP contribution in [0.15, 0.2) is 0 Å². The van der Waals surface area contributed by atoms with Gasteiger partial charge in [-0.05, 0) is 26.4 Å². The Morgan fingerprint density at radius 1 is 1.27 bits per heavy atom. The molecule has 0 aliphatic carbocycles. The highest BCUT2D eigenvalue weighted by molar-refractivity contribution is 4.66. The Balaban J connectivity index is 3.66. The second-order valence-corrected chi connectivity index (χ2v) is 3.03. The summed E-state index contributed by atoms with van der Waals surface area (Å²) in [7, 11) is 2.12. The minimum absolute atomic E-state index is 0.314. The molecular formula is C9H21NO. The molecule has 1 N–H and O–H groups in total. The molecule has 0 spiro atoms. The Morgan fingerprint density at radius 3 is 2.27 bits per heavy atom. The van der Waals surface area contributed by atoms with E-state index in [-0.39, 0.29) is 0 Å². The second-order valence-electron chi connectivity index (χ2n) is 3.03. The lowest BCUT2D eigenvalue weighted by molar-refractivity contribution is 0.182. The maximum absolute atomic E-state index is 8.78. The average Bonchev–Trinajstić information content (AvgIpc) is 2.03. The van der Waals surface area contributed by atoms with Crippen molar-refractivity contribution < 1.29 is 5.11 Å². The molecule has 68 valence electrons. The quantitative estimate of drug-likeness (QED) is 0.634. The molecule has 0 rings (SSSR count). The van der Waals surface area contributed by atoms with Crippen molar-refractivity contribution in [1.82, 2.24) is 4.90 Å². The predicted octanol–water partition coefficient (Wildman–Crippen LogP) is 1.49. The first-order chi connectivity index (χ1) is 5.26. The highest BCUT2D eigenvalue weighted by Gasteiger charge is 2.10. The van der Waals surface area contributed by atoms with E-state index in [1.54, 1.807) is 0 Å². The Morgan fingerprint density at radius 2 is 1.91 bits per heavy atom. The van der Waals surface area contributed by atoms with Crippen LogP contribution in [0.2, 0.25) is 0 Å². The van der Waals surface area contributed by atoms with Gasteiger partial charge in [0.15, 0.2) is 0 Å². The van der Waals surface area contributed by atoms with Gasteiger partial charge >= 0.3 is 0 Å². The van der Waals surface area contributed by atoms with Crippen LogP contribution in [0, 0.1) is 0 Å². The maximum atomic E-state index is 8.78. The lowest BCUT2D eigenvalue weighted by Crippen LogP contribution is -2.32. The Labute approximate surface area is 70.2 Å². The van der Waals surface area contributed by atoms with Crippen molar-refractivity contribution in [2.45, 2.75) is 39.2 Å². The van der Waals surface area contributed by atoms with E-state index in [4.69, 9.17) is 5.11 Å². The van der Waals surface area contributed by atoms with E-state index in [2.05, 4.69) is 25.8 Å². The zero-order valence-corrected chi connectivity index (χ0v) is 8.01. The fourth-order valence-corrected chi connectivity index (χ4v) is 1.33. The molecule has 2 nitrogen and oxygen atoms in total. The zero-order valence-electron chi connectivity index (χ0n) is 8.01. The van der Waals surface area contributed by atoms with E-state index in [0.717, 1.165) is 13.0 Å². The number of hydrogen-bond donors (Lipinski definition) is 1. The van der Waals surface area contributed by atoms with Gasteiger partial charge in [0.2, 0.25) is 0 Å². The van der Waals surface area contributed by atoms with E-state index in [9.17, 15) is 0 Å². The lowest BCUT2D eigenvalue weighted by Gasteiger charge is -2.25. The van der Waals surface area contributed by atoms with Crippen LogP contribution in [-0.2, 0) is 0 Å². The monoisotopic (exact) mass is 159 g/mol. The molecule has 0 amide bonds. The standard InChI is InChI=1S/C9H21NO/c1-4-6-9(7-8-11)10(3)5-2/h9,11H,4-8H2,1-3H3/t9-/m0/s1. The molecule has 0 bridgehead atoms. The summed E-state index contributed by atoms with van der Waals surface area (Å²) in [6, 6.07) is 0.579. The first-order valence-electron chi connectivity index (χ1n) is 4.57. The smallest absolute Gasteiger partial charge is 0.0445 e. The van der Waals surface area contributed by atoms with Crippen molar-refractivity contribution in [3.05, 3.63) is 0 Å². The summed E-state index contributed by atoms with van der Waals surface area (Å²) < 4.78 is 0. The van der Waals surface area contributed by atoms with Crippen molar-refractivity contribution in [1.29, 1.82) is 0 Å². The first kappa shape index (κ1) is 10.9. The molecule has 0 unspecified atom stereocenters. The Bertz CT molecular complexity index is 79.6. The molecule has 0 saturated carbocycles. The molecule has 0 radical (unpaired) electrons. The molecule has 2 heteroatoms. The van der Waals surface area contributed by atoms with Gasteiger partial charge in [0.1, 0.15) is 0 Å². The fraction of sp³-hybridized carbons (Fsp3) is 1.00. The molecule has 0 saturated heterocycles. The first-order valence-corrected chi connectivity index (χ1v) is 4.57. The van der Waals surface area contributed by atoms with Crippen molar-refractivity contribution in [2.24, 2.45) is 0 Å². The number of rotatable bonds is 6. The van der Waals surface area contributed by atoms with Crippen molar-refractivity contribution in [3.63, 3.8) is 0 Å². The lowest BCUT2D eigenvalue weighted by atomic mass is 10.1. The number of hydrogen-bond acceptors (Lipinski definition) is 2. The summed E-state index contributed by atoms with van der Waals surface area (Å²) in [6.45, 7) is 5.73. The Hall–Kier alpha value is -0.0800. The molecule has 11 heavy (non-hydrogen) atoms. The Kier molecular flexibility index (Phi) is 6.57. The fourth-order valence-electron chi connectivity index (χ4n) is 1.33. The zero-order chi connectivity index (χ0) is 8.69. The normalized spacial score (nSPS) is 13.9. The molecule has 0 aromatic rings. The SMILES string of the molecule is CCC[C@@H](CCO)N(C)CC. The minimum atomic E-state index is 0.314. The predicted molar refractivity (Wildman–Crippen MR) is 48.7 cm³/mol. The van der Waals surface area contributed by atoms with Gasteiger partial charge in [0.05, 0.1) is 0 Å². The van der Waals surface area contributed by atoms with E-state index < -0.39 is 0 Å².